The lowest BCUT2D eigenvalue weighted by Crippen LogP contribution is -2.39. The molecule has 1 aliphatic heterocycles. The number of hydrogen-bond acceptors (Lipinski definition) is 3. The second-order valence-corrected chi connectivity index (χ2v) is 5.26. The van der Waals surface area contributed by atoms with E-state index in [9.17, 15) is 14.0 Å². The SMILES string of the molecule is COC(=O)N1CCCN(C(=O)Nc2ccc(F)c(Cl)c2)CC1. The van der Waals surface area contributed by atoms with E-state index in [0.717, 1.165) is 0 Å². The number of ether oxygens (including phenoxy) is 1. The van der Waals surface area contributed by atoms with Crippen molar-refractivity contribution in [3.63, 3.8) is 0 Å². The molecule has 1 aromatic carbocycles. The molecule has 1 aliphatic rings. The van der Waals surface area contributed by atoms with Gasteiger partial charge in [-0.15, -0.1) is 0 Å². The van der Waals surface area contributed by atoms with Crippen LogP contribution < -0.4 is 5.32 Å². The van der Waals surface area contributed by atoms with Crippen LogP contribution in [0.25, 0.3) is 0 Å². The van der Waals surface area contributed by atoms with Gasteiger partial charge in [-0.25, -0.2) is 14.0 Å². The van der Waals surface area contributed by atoms with Crippen molar-refractivity contribution < 1.29 is 18.7 Å². The molecule has 3 amide bonds. The molecule has 1 N–H and O–H groups in total. The maximum absolute atomic E-state index is 13.1. The van der Waals surface area contributed by atoms with E-state index in [-0.39, 0.29) is 11.1 Å². The van der Waals surface area contributed by atoms with Gasteiger partial charge in [-0.2, -0.15) is 0 Å². The first-order valence-corrected chi connectivity index (χ1v) is 7.23. The zero-order chi connectivity index (χ0) is 16.1. The van der Waals surface area contributed by atoms with Crippen molar-refractivity contribution in [2.45, 2.75) is 6.42 Å². The minimum absolute atomic E-state index is 0.0504. The van der Waals surface area contributed by atoms with Crippen LogP contribution in [-0.2, 0) is 4.74 Å². The van der Waals surface area contributed by atoms with Crippen molar-refractivity contribution in [1.29, 1.82) is 0 Å². The topological polar surface area (TPSA) is 61.9 Å². The molecule has 120 valence electrons. The van der Waals surface area contributed by atoms with E-state index in [1.807, 2.05) is 0 Å². The summed E-state index contributed by atoms with van der Waals surface area (Å²) in [6, 6.07) is 3.68. The molecule has 1 fully saturated rings. The number of hydrogen-bond donors (Lipinski definition) is 1. The summed E-state index contributed by atoms with van der Waals surface area (Å²) in [5.74, 6) is -0.539. The fourth-order valence-electron chi connectivity index (χ4n) is 2.21. The number of carbonyl (C=O) groups is 2. The second-order valence-electron chi connectivity index (χ2n) is 4.86. The van der Waals surface area contributed by atoms with E-state index < -0.39 is 11.9 Å². The quantitative estimate of drug-likeness (QED) is 0.861. The summed E-state index contributed by atoms with van der Waals surface area (Å²) in [7, 11) is 1.33. The molecule has 6 nitrogen and oxygen atoms in total. The van der Waals surface area contributed by atoms with Gasteiger partial charge in [0.05, 0.1) is 12.1 Å². The highest BCUT2D eigenvalue weighted by atomic mass is 35.5. The van der Waals surface area contributed by atoms with Gasteiger partial charge in [0.15, 0.2) is 0 Å². The van der Waals surface area contributed by atoms with Crippen LogP contribution in [0.3, 0.4) is 0 Å². The average molecular weight is 330 g/mol. The van der Waals surface area contributed by atoms with E-state index >= 15 is 0 Å². The van der Waals surface area contributed by atoms with Gasteiger partial charge in [-0.05, 0) is 24.6 Å². The third-order valence-electron chi connectivity index (χ3n) is 3.39. The molecule has 0 aliphatic carbocycles. The summed E-state index contributed by atoms with van der Waals surface area (Å²) in [6.07, 6.45) is 0.264. The Labute approximate surface area is 132 Å². The Morgan fingerprint density at radius 3 is 2.59 bits per heavy atom. The second kappa shape index (κ2) is 7.31. The van der Waals surface area contributed by atoms with E-state index in [4.69, 9.17) is 11.6 Å². The molecule has 2 rings (SSSR count). The smallest absolute Gasteiger partial charge is 0.409 e. The molecule has 0 saturated carbocycles. The Kier molecular flexibility index (Phi) is 5.43. The van der Waals surface area contributed by atoms with E-state index in [1.54, 1.807) is 9.80 Å². The van der Waals surface area contributed by atoms with Crippen LogP contribution in [0.15, 0.2) is 18.2 Å². The lowest BCUT2D eigenvalue weighted by Gasteiger charge is -2.21. The molecule has 1 saturated heterocycles. The van der Waals surface area contributed by atoms with Gasteiger partial charge < -0.3 is 19.9 Å². The summed E-state index contributed by atoms with van der Waals surface area (Å²) in [5, 5.41) is 2.62. The fraction of sp³-hybridized carbons (Fsp3) is 0.429. The third kappa shape index (κ3) is 4.00. The Morgan fingerprint density at radius 2 is 1.91 bits per heavy atom. The van der Waals surface area contributed by atoms with Crippen LogP contribution in [0.1, 0.15) is 6.42 Å². The third-order valence-corrected chi connectivity index (χ3v) is 3.68. The molecule has 0 atom stereocenters. The summed E-state index contributed by atoms with van der Waals surface area (Å²) < 4.78 is 17.8. The minimum atomic E-state index is -0.539. The molecule has 0 spiro atoms. The Hall–Kier alpha value is -2.02. The predicted octanol–water partition coefficient (Wildman–Crippen LogP) is 2.79. The van der Waals surface area contributed by atoms with Crippen molar-refractivity contribution >= 4 is 29.4 Å². The molecule has 0 bridgehead atoms. The van der Waals surface area contributed by atoms with Crippen LogP contribution >= 0.6 is 11.6 Å². The van der Waals surface area contributed by atoms with Gasteiger partial charge in [0.2, 0.25) is 0 Å². The number of urea groups is 1. The van der Waals surface area contributed by atoms with Gasteiger partial charge in [0.25, 0.3) is 0 Å². The van der Waals surface area contributed by atoms with Crippen LogP contribution in [-0.4, -0.2) is 55.2 Å². The summed E-state index contributed by atoms with van der Waals surface area (Å²) in [5.41, 5.74) is 0.422. The lowest BCUT2D eigenvalue weighted by atomic mass is 10.3. The molecular weight excluding hydrogens is 313 g/mol. The number of nitrogens with one attached hydrogen (secondary N) is 1. The Balaban J connectivity index is 1.95. The number of carbonyl (C=O) groups excluding carboxylic acids is 2. The summed E-state index contributed by atoms with van der Waals surface area (Å²) in [6.45, 7) is 1.87. The van der Waals surface area contributed by atoms with E-state index in [2.05, 4.69) is 10.1 Å². The monoisotopic (exact) mass is 329 g/mol. The number of anilines is 1. The van der Waals surface area contributed by atoms with Crippen molar-refractivity contribution in [2.75, 3.05) is 38.6 Å². The van der Waals surface area contributed by atoms with Crippen LogP contribution in [0.4, 0.5) is 19.7 Å². The number of amides is 3. The van der Waals surface area contributed by atoms with Gasteiger partial charge in [0.1, 0.15) is 5.82 Å². The molecule has 1 aromatic rings. The summed E-state index contributed by atoms with van der Waals surface area (Å²) in [4.78, 5) is 26.9. The zero-order valence-corrected chi connectivity index (χ0v) is 12.9. The highest BCUT2D eigenvalue weighted by molar-refractivity contribution is 6.31. The lowest BCUT2D eigenvalue weighted by molar-refractivity contribution is 0.125. The van der Waals surface area contributed by atoms with E-state index in [0.29, 0.717) is 38.3 Å². The molecule has 8 heteroatoms. The molecular formula is C14H17ClFN3O3. The van der Waals surface area contributed by atoms with Crippen LogP contribution in [0.2, 0.25) is 5.02 Å². The number of methoxy groups -OCH3 is 1. The molecule has 0 unspecified atom stereocenters. The highest BCUT2D eigenvalue weighted by Crippen LogP contribution is 2.19. The maximum atomic E-state index is 13.1. The fourth-order valence-corrected chi connectivity index (χ4v) is 2.39. The van der Waals surface area contributed by atoms with Crippen molar-refractivity contribution in [3.8, 4) is 0 Å². The van der Waals surface area contributed by atoms with Gasteiger partial charge in [0, 0.05) is 31.9 Å². The predicted molar refractivity (Wildman–Crippen MR) is 80.6 cm³/mol. The number of benzene rings is 1. The van der Waals surface area contributed by atoms with Crippen molar-refractivity contribution in [2.24, 2.45) is 0 Å². The van der Waals surface area contributed by atoms with Gasteiger partial charge in [-0.3, -0.25) is 0 Å². The first kappa shape index (κ1) is 16.4. The number of rotatable bonds is 1. The zero-order valence-electron chi connectivity index (χ0n) is 12.1. The van der Waals surface area contributed by atoms with Gasteiger partial charge >= 0.3 is 12.1 Å². The maximum Gasteiger partial charge on any atom is 0.409 e. The number of nitrogens with zero attached hydrogens (tertiary/aromatic N) is 2. The summed E-state index contributed by atoms with van der Waals surface area (Å²) >= 11 is 5.68. The molecule has 0 radical (unpaired) electrons. The van der Waals surface area contributed by atoms with Crippen molar-refractivity contribution in [3.05, 3.63) is 29.0 Å². The van der Waals surface area contributed by atoms with E-state index in [1.165, 1.54) is 25.3 Å². The Morgan fingerprint density at radius 1 is 1.23 bits per heavy atom. The van der Waals surface area contributed by atoms with Crippen molar-refractivity contribution in [1.82, 2.24) is 9.80 Å². The standard InChI is InChI=1S/C14H17ClFN3O3/c1-22-14(21)19-6-2-5-18(7-8-19)13(20)17-10-3-4-12(16)11(15)9-10/h3-4,9H,2,5-8H2,1H3,(H,17,20). The van der Waals surface area contributed by atoms with Gasteiger partial charge in [-0.1, -0.05) is 11.6 Å². The average Bonchev–Trinajstić information content (AvgIpc) is 2.76. The normalized spacial score (nSPS) is 15.2. The minimum Gasteiger partial charge on any atom is -0.453 e. The number of halogens is 2. The highest BCUT2D eigenvalue weighted by Gasteiger charge is 2.22. The van der Waals surface area contributed by atoms with Crippen LogP contribution in [0.5, 0.6) is 0 Å². The Bertz CT molecular complexity index is 570. The largest absolute Gasteiger partial charge is 0.453 e. The van der Waals surface area contributed by atoms with Crippen LogP contribution in [0, 0.1) is 5.82 Å². The molecule has 0 aromatic heterocycles. The first-order valence-electron chi connectivity index (χ1n) is 6.85. The molecule has 1 heterocycles. The first-order chi connectivity index (χ1) is 10.5. The molecule has 22 heavy (non-hydrogen) atoms.